The number of hydrogen-bond acceptors (Lipinski definition) is 4. The Morgan fingerprint density at radius 1 is 1.10 bits per heavy atom. The molecule has 1 saturated heterocycles. The van der Waals surface area contributed by atoms with Gasteiger partial charge in [-0.05, 0) is 30.7 Å². The van der Waals surface area contributed by atoms with Crippen LogP contribution in [0.2, 0.25) is 0 Å². The van der Waals surface area contributed by atoms with Gasteiger partial charge in [-0.15, -0.1) is 0 Å². The minimum atomic E-state index is -0.368. The van der Waals surface area contributed by atoms with Gasteiger partial charge in [-0.2, -0.15) is 0 Å². The van der Waals surface area contributed by atoms with Gasteiger partial charge in [0.1, 0.15) is 0 Å². The fourth-order valence-electron chi connectivity index (χ4n) is 2.67. The standard InChI is InChI=1S/C16H17N3O2/c20-19(21)16-8-6-15(7-9-16)18-11-10-14(12-18)17-13-4-2-1-3-5-13/h1-9,14,17H,10-12H2. The third kappa shape index (κ3) is 3.13. The second kappa shape index (κ2) is 5.83. The molecule has 0 aliphatic carbocycles. The number of hydrogen-bond donors (Lipinski definition) is 1. The van der Waals surface area contributed by atoms with Crippen LogP contribution >= 0.6 is 0 Å². The number of anilines is 2. The van der Waals surface area contributed by atoms with Crippen LogP contribution in [0.25, 0.3) is 0 Å². The molecule has 1 unspecified atom stereocenters. The summed E-state index contributed by atoms with van der Waals surface area (Å²) in [5.74, 6) is 0. The average molecular weight is 283 g/mol. The van der Waals surface area contributed by atoms with Gasteiger partial charge in [0.05, 0.1) is 4.92 Å². The molecule has 2 aromatic carbocycles. The van der Waals surface area contributed by atoms with Crippen molar-refractivity contribution in [3.05, 3.63) is 64.7 Å². The van der Waals surface area contributed by atoms with Crippen LogP contribution in [0.1, 0.15) is 6.42 Å². The lowest BCUT2D eigenvalue weighted by Crippen LogP contribution is -2.25. The van der Waals surface area contributed by atoms with E-state index < -0.39 is 0 Å². The second-order valence-electron chi connectivity index (χ2n) is 5.22. The maximum Gasteiger partial charge on any atom is 0.269 e. The summed E-state index contributed by atoms with van der Waals surface area (Å²) in [4.78, 5) is 12.6. The Morgan fingerprint density at radius 3 is 2.48 bits per heavy atom. The van der Waals surface area contributed by atoms with E-state index >= 15 is 0 Å². The highest BCUT2D eigenvalue weighted by atomic mass is 16.6. The predicted octanol–water partition coefficient (Wildman–Crippen LogP) is 3.29. The zero-order valence-electron chi connectivity index (χ0n) is 11.6. The summed E-state index contributed by atoms with van der Waals surface area (Å²) >= 11 is 0. The number of non-ortho nitro benzene ring substituents is 1. The van der Waals surface area contributed by atoms with Crippen LogP contribution in [0.5, 0.6) is 0 Å². The van der Waals surface area contributed by atoms with Gasteiger partial charge in [-0.1, -0.05) is 18.2 Å². The first kappa shape index (κ1) is 13.4. The fourth-order valence-corrected chi connectivity index (χ4v) is 2.67. The van der Waals surface area contributed by atoms with E-state index in [0.29, 0.717) is 6.04 Å². The third-order valence-electron chi connectivity index (χ3n) is 3.76. The summed E-state index contributed by atoms with van der Waals surface area (Å²) in [6.45, 7) is 1.87. The molecular weight excluding hydrogens is 266 g/mol. The van der Waals surface area contributed by atoms with Crippen molar-refractivity contribution < 1.29 is 4.92 Å². The van der Waals surface area contributed by atoms with Crippen LogP contribution in [0.4, 0.5) is 17.1 Å². The molecule has 5 heteroatoms. The molecule has 1 heterocycles. The number of rotatable bonds is 4. The molecule has 0 radical (unpaired) electrons. The van der Waals surface area contributed by atoms with Crippen molar-refractivity contribution in [1.82, 2.24) is 0 Å². The molecule has 1 aliphatic heterocycles. The highest BCUT2D eigenvalue weighted by Crippen LogP contribution is 2.24. The number of nitrogens with one attached hydrogen (secondary N) is 1. The fraction of sp³-hybridized carbons (Fsp3) is 0.250. The lowest BCUT2D eigenvalue weighted by Gasteiger charge is -2.19. The van der Waals surface area contributed by atoms with E-state index in [4.69, 9.17) is 0 Å². The Labute approximate surface area is 123 Å². The number of benzene rings is 2. The Balaban J connectivity index is 1.62. The molecule has 0 aromatic heterocycles. The predicted molar refractivity (Wildman–Crippen MR) is 83.8 cm³/mol. The summed E-state index contributed by atoms with van der Waals surface area (Å²) < 4.78 is 0. The quantitative estimate of drug-likeness (QED) is 0.691. The van der Waals surface area contributed by atoms with Crippen LogP contribution in [0.15, 0.2) is 54.6 Å². The molecule has 1 fully saturated rings. The maximum absolute atomic E-state index is 10.7. The zero-order valence-corrected chi connectivity index (χ0v) is 11.6. The van der Waals surface area contributed by atoms with Gasteiger partial charge in [0.25, 0.3) is 5.69 Å². The molecule has 1 aliphatic rings. The molecule has 3 rings (SSSR count). The minimum absolute atomic E-state index is 0.136. The third-order valence-corrected chi connectivity index (χ3v) is 3.76. The molecule has 108 valence electrons. The van der Waals surface area contributed by atoms with Crippen molar-refractivity contribution in [1.29, 1.82) is 0 Å². The molecule has 1 atom stereocenters. The number of nitro groups is 1. The summed E-state index contributed by atoms with van der Waals surface area (Å²) in [5.41, 5.74) is 2.31. The molecule has 1 N–H and O–H groups in total. The van der Waals surface area contributed by atoms with Crippen molar-refractivity contribution in [2.75, 3.05) is 23.3 Å². The van der Waals surface area contributed by atoms with E-state index in [1.54, 1.807) is 12.1 Å². The van der Waals surface area contributed by atoms with Crippen LogP contribution in [-0.2, 0) is 0 Å². The van der Waals surface area contributed by atoms with Crippen LogP contribution in [0.3, 0.4) is 0 Å². The molecule has 0 saturated carbocycles. The number of nitrogens with zero attached hydrogens (tertiary/aromatic N) is 2. The lowest BCUT2D eigenvalue weighted by atomic mass is 10.2. The van der Waals surface area contributed by atoms with E-state index in [9.17, 15) is 10.1 Å². The molecular formula is C16H17N3O2. The summed E-state index contributed by atoms with van der Waals surface area (Å²) in [5, 5.41) is 14.2. The second-order valence-corrected chi connectivity index (χ2v) is 5.22. The minimum Gasteiger partial charge on any atom is -0.380 e. The van der Waals surface area contributed by atoms with Crippen molar-refractivity contribution in [2.45, 2.75) is 12.5 Å². The first-order chi connectivity index (χ1) is 10.2. The van der Waals surface area contributed by atoms with Gasteiger partial charge in [0.2, 0.25) is 0 Å². The Hall–Kier alpha value is -2.56. The molecule has 0 spiro atoms. The van der Waals surface area contributed by atoms with Crippen LogP contribution in [0, 0.1) is 10.1 Å². The van der Waals surface area contributed by atoms with E-state index in [0.717, 1.165) is 30.9 Å². The molecule has 0 amide bonds. The first-order valence-corrected chi connectivity index (χ1v) is 7.03. The number of para-hydroxylation sites is 1. The van der Waals surface area contributed by atoms with Crippen molar-refractivity contribution in [2.24, 2.45) is 0 Å². The Kier molecular flexibility index (Phi) is 3.73. The summed E-state index contributed by atoms with van der Waals surface area (Å²) in [6, 6.07) is 17.3. The van der Waals surface area contributed by atoms with Gasteiger partial charge in [0, 0.05) is 42.6 Å². The van der Waals surface area contributed by atoms with Crippen molar-refractivity contribution >= 4 is 17.1 Å². The highest BCUT2D eigenvalue weighted by molar-refractivity contribution is 5.53. The summed E-state index contributed by atoms with van der Waals surface area (Å²) in [6.07, 6.45) is 1.06. The van der Waals surface area contributed by atoms with E-state index in [1.165, 1.54) is 0 Å². The van der Waals surface area contributed by atoms with Crippen molar-refractivity contribution in [3.63, 3.8) is 0 Å². The van der Waals surface area contributed by atoms with Crippen LogP contribution in [-0.4, -0.2) is 24.1 Å². The monoisotopic (exact) mass is 283 g/mol. The maximum atomic E-state index is 10.7. The molecule has 21 heavy (non-hydrogen) atoms. The van der Waals surface area contributed by atoms with Gasteiger partial charge in [0.15, 0.2) is 0 Å². The van der Waals surface area contributed by atoms with E-state index in [-0.39, 0.29) is 10.6 Å². The topological polar surface area (TPSA) is 58.4 Å². The smallest absolute Gasteiger partial charge is 0.269 e. The molecule has 2 aromatic rings. The highest BCUT2D eigenvalue weighted by Gasteiger charge is 2.22. The number of nitro benzene ring substituents is 1. The first-order valence-electron chi connectivity index (χ1n) is 7.03. The Bertz CT molecular complexity index is 613. The van der Waals surface area contributed by atoms with Gasteiger partial charge in [-0.3, -0.25) is 10.1 Å². The average Bonchev–Trinajstić information content (AvgIpc) is 2.97. The van der Waals surface area contributed by atoms with E-state index in [2.05, 4.69) is 22.3 Å². The van der Waals surface area contributed by atoms with Crippen LogP contribution < -0.4 is 10.2 Å². The SMILES string of the molecule is O=[N+]([O-])c1ccc(N2CCC(Nc3ccccc3)C2)cc1. The van der Waals surface area contributed by atoms with E-state index in [1.807, 2.05) is 30.3 Å². The lowest BCUT2D eigenvalue weighted by molar-refractivity contribution is -0.384. The van der Waals surface area contributed by atoms with Gasteiger partial charge in [-0.25, -0.2) is 0 Å². The molecule has 0 bridgehead atoms. The van der Waals surface area contributed by atoms with Crippen molar-refractivity contribution in [3.8, 4) is 0 Å². The summed E-state index contributed by atoms with van der Waals surface area (Å²) in [7, 11) is 0. The zero-order chi connectivity index (χ0) is 14.7. The molecule has 5 nitrogen and oxygen atoms in total. The Morgan fingerprint density at radius 2 is 1.81 bits per heavy atom. The van der Waals surface area contributed by atoms with Gasteiger partial charge >= 0.3 is 0 Å². The normalized spacial score (nSPS) is 17.7. The van der Waals surface area contributed by atoms with Gasteiger partial charge < -0.3 is 10.2 Å². The largest absolute Gasteiger partial charge is 0.380 e.